The molecule has 0 aliphatic carbocycles. The van der Waals surface area contributed by atoms with Crippen molar-refractivity contribution >= 4 is 41.4 Å². The van der Waals surface area contributed by atoms with Gasteiger partial charge in [-0.1, -0.05) is 65.8 Å². The minimum absolute atomic E-state index is 0.339. The van der Waals surface area contributed by atoms with Crippen LogP contribution in [-0.2, 0) is 11.0 Å². The van der Waals surface area contributed by atoms with Gasteiger partial charge in [0.1, 0.15) is 0 Å². The highest BCUT2D eigenvalue weighted by Gasteiger charge is 2.14. The van der Waals surface area contributed by atoms with Crippen LogP contribution in [0.25, 0.3) is 11.1 Å². The smallest absolute Gasteiger partial charge is 0.0499 e. The Kier molecular flexibility index (Phi) is 5.42. The van der Waals surface area contributed by atoms with Crippen molar-refractivity contribution in [1.29, 1.82) is 0 Å². The fourth-order valence-corrected chi connectivity index (χ4v) is 4.66. The lowest BCUT2D eigenvalue weighted by molar-refractivity contribution is -0.302. The summed E-state index contributed by atoms with van der Waals surface area (Å²) in [5.74, 6) is 0. The van der Waals surface area contributed by atoms with Gasteiger partial charge in [0, 0.05) is 20.5 Å². The van der Waals surface area contributed by atoms with Crippen LogP contribution >= 0.6 is 41.4 Å². The van der Waals surface area contributed by atoms with Crippen LogP contribution in [-0.4, -0.2) is 0 Å². The molecule has 0 N–H and O–H groups in total. The Hall–Kier alpha value is -0.480. The first kappa shape index (κ1) is 16.9. The van der Waals surface area contributed by atoms with Gasteiger partial charge in [0.05, 0.1) is 0 Å². The molecule has 0 heterocycles. The van der Waals surface area contributed by atoms with Crippen molar-refractivity contribution in [3.05, 3.63) is 52.0 Å². The minimum Gasteiger partial charge on any atom is -0.803 e. The van der Waals surface area contributed by atoms with Gasteiger partial charge in [-0.05, 0) is 36.5 Å². The van der Waals surface area contributed by atoms with Crippen LogP contribution in [0.5, 0.6) is 0 Å². The molecule has 0 spiro atoms. The van der Waals surface area contributed by atoms with Gasteiger partial charge in [-0.3, -0.25) is 0 Å². The van der Waals surface area contributed by atoms with E-state index < -0.39 is 6.80 Å². The van der Waals surface area contributed by atoms with E-state index in [1.165, 1.54) is 0 Å². The Labute approximate surface area is 137 Å². The Morgan fingerprint density at radius 2 is 1.86 bits per heavy atom. The predicted octanol–water partition coefficient (Wildman–Crippen LogP) is 4.14. The number of hydrogen-bond donors (Lipinski definition) is 0. The van der Waals surface area contributed by atoms with E-state index in [9.17, 15) is 14.4 Å². The Morgan fingerprint density at radius 3 is 2.43 bits per heavy atom. The monoisotopic (exact) mass is 360 g/mol. The molecule has 0 fully saturated rings. The molecule has 3 nitrogen and oxygen atoms in total. The van der Waals surface area contributed by atoms with Gasteiger partial charge in [0.25, 0.3) is 0 Å². The molecule has 2 aromatic rings. The Balaban J connectivity index is 2.65. The zero-order valence-electron chi connectivity index (χ0n) is 11.0. The highest BCUT2D eigenvalue weighted by molar-refractivity contribution is 8.53. The van der Waals surface area contributed by atoms with E-state index in [1.807, 2.05) is 13.0 Å². The molecule has 0 aliphatic heterocycles. The summed E-state index contributed by atoms with van der Waals surface area (Å²) in [4.78, 5) is 22.8. The molecular formula is C14H11Cl2O3PS-2. The van der Waals surface area contributed by atoms with Gasteiger partial charge < -0.3 is 14.4 Å². The molecule has 0 aliphatic rings. The summed E-state index contributed by atoms with van der Waals surface area (Å²) in [6, 6.07) is 10.3. The van der Waals surface area contributed by atoms with Crippen molar-refractivity contribution < 1.29 is 14.4 Å². The molecule has 21 heavy (non-hydrogen) atoms. The van der Waals surface area contributed by atoms with Crippen LogP contribution in [0.4, 0.5) is 0 Å². The third-order valence-electron chi connectivity index (χ3n) is 2.90. The van der Waals surface area contributed by atoms with E-state index in [0.29, 0.717) is 43.9 Å². The molecule has 0 radical (unpaired) electrons. The number of rotatable bonds is 4. The van der Waals surface area contributed by atoms with Gasteiger partial charge in [0.15, 0.2) is 0 Å². The number of aryl methyl sites for hydroxylation is 1. The third-order valence-corrected chi connectivity index (χ3v) is 5.56. The van der Waals surface area contributed by atoms with Crippen LogP contribution in [0.15, 0.2) is 41.3 Å². The number of hydrogen-bond acceptors (Lipinski definition) is 4. The maximum atomic E-state index is 11.2. The van der Waals surface area contributed by atoms with Crippen molar-refractivity contribution in [2.45, 2.75) is 18.2 Å². The molecule has 0 aromatic heterocycles. The first-order valence-corrected chi connectivity index (χ1v) is 9.83. The maximum Gasteiger partial charge on any atom is 0.0499 e. The molecule has 0 bridgehead atoms. The lowest BCUT2D eigenvalue weighted by atomic mass is 10.0. The van der Waals surface area contributed by atoms with Crippen molar-refractivity contribution in [2.75, 3.05) is 0 Å². The summed E-state index contributed by atoms with van der Waals surface area (Å²) in [7, 11) is 0. The van der Waals surface area contributed by atoms with E-state index in [0.717, 1.165) is 5.56 Å². The maximum absolute atomic E-state index is 11.2. The second kappa shape index (κ2) is 6.74. The average Bonchev–Trinajstić information content (AvgIpc) is 2.38. The van der Waals surface area contributed by atoms with Gasteiger partial charge in [-0.15, -0.1) is 0 Å². The second-order valence-electron chi connectivity index (χ2n) is 4.31. The zero-order valence-corrected chi connectivity index (χ0v) is 14.2. The minimum atomic E-state index is -4.75. The summed E-state index contributed by atoms with van der Waals surface area (Å²) in [6.07, 6.45) is 0.612. The fraction of sp³-hybridized carbons (Fsp3) is 0.143. The summed E-state index contributed by atoms with van der Waals surface area (Å²) in [5.41, 5.74) is 2.05. The van der Waals surface area contributed by atoms with Crippen LogP contribution in [0.2, 0.25) is 10.0 Å². The lowest BCUT2D eigenvalue weighted by Crippen LogP contribution is -2.10. The summed E-state index contributed by atoms with van der Waals surface area (Å²) in [6.45, 7) is -2.86. The standard InChI is InChI=1S/C14H13Cl2O3PS/c1-2-9-4-3-5-12(14(9)21-20(17,18)19)11-7-6-10(15)8-13(11)16/h3-8H,2H2,1H3,(H2,17,18,19)/p-2. The summed E-state index contributed by atoms with van der Waals surface area (Å²) < 4.78 is 11.2. The molecule has 0 amide bonds. The lowest BCUT2D eigenvalue weighted by Gasteiger charge is -2.30. The van der Waals surface area contributed by atoms with E-state index in [1.54, 1.807) is 30.3 Å². The van der Waals surface area contributed by atoms with Gasteiger partial charge in [0.2, 0.25) is 0 Å². The molecule has 2 aromatic carbocycles. The molecule has 0 atom stereocenters. The average molecular weight is 361 g/mol. The number of halogens is 2. The van der Waals surface area contributed by atoms with Crippen molar-refractivity contribution in [1.82, 2.24) is 0 Å². The van der Waals surface area contributed by atoms with Crippen LogP contribution < -0.4 is 9.79 Å². The zero-order chi connectivity index (χ0) is 15.6. The molecule has 0 saturated carbocycles. The number of benzene rings is 2. The third kappa shape index (κ3) is 4.26. The van der Waals surface area contributed by atoms with E-state index >= 15 is 0 Å². The predicted molar refractivity (Wildman–Crippen MR) is 84.7 cm³/mol. The van der Waals surface area contributed by atoms with E-state index in [4.69, 9.17) is 23.2 Å². The van der Waals surface area contributed by atoms with Crippen LogP contribution in [0.1, 0.15) is 12.5 Å². The van der Waals surface area contributed by atoms with Crippen molar-refractivity contribution in [2.24, 2.45) is 0 Å². The molecule has 112 valence electrons. The highest BCUT2D eigenvalue weighted by atomic mass is 35.5. The first-order chi connectivity index (χ1) is 9.81. The van der Waals surface area contributed by atoms with E-state index in [2.05, 4.69) is 0 Å². The topological polar surface area (TPSA) is 63.2 Å². The molecule has 0 saturated heterocycles. The molecular weight excluding hydrogens is 350 g/mol. The molecule has 2 rings (SSSR count). The van der Waals surface area contributed by atoms with Crippen molar-refractivity contribution in [3.63, 3.8) is 0 Å². The summed E-state index contributed by atoms with van der Waals surface area (Å²) >= 11 is 12.4. The van der Waals surface area contributed by atoms with E-state index in [-0.39, 0.29) is 0 Å². The molecule has 7 heteroatoms. The Bertz CT molecular complexity index is 715. The second-order valence-corrected chi connectivity index (χ2v) is 8.53. The Morgan fingerprint density at radius 1 is 1.14 bits per heavy atom. The normalized spacial score (nSPS) is 11.7. The highest BCUT2D eigenvalue weighted by Crippen LogP contribution is 2.52. The largest absolute Gasteiger partial charge is 0.803 e. The van der Waals surface area contributed by atoms with Gasteiger partial charge in [-0.25, -0.2) is 0 Å². The van der Waals surface area contributed by atoms with Crippen LogP contribution in [0.3, 0.4) is 0 Å². The summed E-state index contributed by atoms with van der Waals surface area (Å²) in [5, 5.41) is 0.896. The first-order valence-electron chi connectivity index (χ1n) is 6.11. The van der Waals surface area contributed by atoms with Crippen molar-refractivity contribution in [3.8, 4) is 11.1 Å². The van der Waals surface area contributed by atoms with Gasteiger partial charge in [-0.2, -0.15) is 0 Å². The quantitative estimate of drug-likeness (QED) is 0.768. The fourth-order valence-electron chi connectivity index (χ4n) is 2.00. The molecule has 0 unspecified atom stereocenters. The van der Waals surface area contributed by atoms with Crippen LogP contribution in [0, 0.1) is 0 Å². The van der Waals surface area contributed by atoms with Gasteiger partial charge >= 0.3 is 0 Å². The SMILES string of the molecule is CCc1cccc(-c2ccc(Cl)cc2Cl)c1SP(=O)([O-])[O-].